The molecular formula is C16H22O8. The summed E-state index contributed by atoms with van der Waals surface area (Å²) < 4.78 is 29.7. The molecule has 0 aliphatic heterocycles. The zero-order chi connectivity index (χ0) is 17.9. The van der Waals surface area contributed by atoms with Crippen LogP contribution in [0.1, 0.15) is 24.2 Å². The number of hydrogen-bond donors (Lipinski definition) is 0. The van der Waals surface area contributed by atoms with Crippen LogP contribution < -0.4 is 9.47 Å². The van der Waals surface area contributed by atoms with E-state index in [9.17, 15) is 9.59 Å². The highest BCUT2D eigenvalue weighted by Crippen LogP contribution is 2.29. The summed E-state index contributed by atoms with van der Waals surface area (Å²) in [6.07, 6.45) is -1.05. The summed E-state index contributed by atoms with van der Waals surface area (Å²) in [6.45, 7) is 3.87. The lowest BCUT2D eigenvalue weighted by Crippen LogP contribution is -2.16. The second kappa shape index (κ2) is 10.5. The monoisotopic (exact) mass is 342 g/mol. The molecule has 0 N–H and O–H groups in total. The largest absolute Gasteiger partial charge is 0.516 e. The second-order valence-corrected chi connectivity index (χ2v) is 5.11. The van der Waals surface area contributed by atoms with Crippen molar-refractivity contribution in [3.05, 3.63) is 23.8 Å². The first-order chi connectivity index (χ1) is 11.5. The predicted molar refractivity (Wildman–Crippen MR) is 83.1 cm³/mol. The Morgan fingerprint density at radius 1 is 1.00 bits per heavy atom. The highest BCUT2D eigenvalue weighted by Gasteiger charge is 2.17. The molecule has 0 amide bonds. The van der Waals surface area contributed by atoms with Crippen molar-refractivity contribution in [2.75, 3.05) is 34.4 Å². The highest BCUT2D eigenvalue weighted by molar-refractivity contribution is 5.95. The van der Waals surface area contributed by atoms with Gasteiger partial charge in [0.2, 0.25) is 0 Å². The average molecular weight is 342 g/mol. The lowest BCUT2D eigenvalue weighted by Gasteiger charge is -2.13. The van der Waals surface area contributed by atoms with Crippen LogP contribution in [0.15, 0.2) is 18.2 Å². The lowest BCUT2D eigenvalue weighted by atomic mass is 10.2. The summed E-state index contributed by atoms with van der Waals surface area (Å²) in [7, 11) is 2.93. The molecule has 0 aromatic heterocycles. The standard InChI is InChI=1S/C16H22O8/c1-11(2)8-21-16(18)24-15(17)12-5-6-13(22-9-19-3)14(7-12)23-10-20-4/h5-7,11H,8-10H2,1-4H3. The fourth-order valence-electron chi connectivity index (χ4n) is 1.51. The quantitative estimate of drug-likeness (QED) is 0.384. The first-order valence-corrected chi connectivity index (χ1v) is 7.24. The molecule has 8 nitrogen and oxygen atoms in total. The minimum Gasteiger partial charge on any atom is -0.464 e. The molecule has 0 heterocycles. The van der Waals surface area contributed by atoms with Crippen molar-refractivity contribution in [2.24, 2.45) is 5.92 Å². The molecule has 0 saturated heterocycles. The van der Waals surface area contributed by atoms with Crippen LogP contribution >= 0.6 is 0 Å². The minimum atomic E-state index is -1.05. The first-order valence-electron chi connectivity index (χ1n) is 7.24. The molecule has 0 unspecified atom stereocenters. The molecule has 0 atom stereocenters. The number of esters is 1. The molecule has 0 aliphatic carbocycles. The van der Waals surface area contributed by atoms with Crippen molar-refractivity contribution in [1.82, 2.24) is 0 Å². The van der Waals surface area contributed by atoms with Crippen LogP contribution in [0, 0.1) is 5.92 Å². The third-order valence-corrected chi connectivity index (χ3v) is 2.55. The van der Waals surface area contributed by atoms with Gasteiger partial charge in [0, 0.05) is 14.2 Å². The third kappa shape index (κ3) is 6.84. The molecule has 0 fully saturated rings. The maximum Gasteiger partial charge on any atom is 0.516 e. The van der Waals surface area contributed by atoms with E-state index < -0.39 is 12.1 Å². The van der Waals surface area contributed by atoms with Gasteiger partial charge in [-0.05, 0) is 24.1 Å². The van der Waals surface area contributed by atoms with Crippen molar-refractivity contribution in [2.45, 2.75) is 13.8 Å². The predicted octanol–water partition coefficient (Wildman–Crippen LogP) is 2.60. The van der Waals surface area contributed by atoms with Crippen molar-refractivity contribution in [3.63, 3.8) is 0 Å². The van der Waals surface area contributed by atoms with E-state index in [4.69, 9.17) is 23.7 Å². The maximum atomic E-state index is 12.0. The highest BCUT2D eigenvalue weighted by atomic mass is 16.7. The molecule has 8 heteroatoms. The molecule has 0 spiro atoms. The number of hydrogen-bond acceptors (Lipinski definition) is 8. The van der Waals surface area contributed by atoms with Gasteiger partial charge in [0.05, 0.1) is 12.2 Å². The smallest absolute Gasteiger partial charge is 0.464 e. The Bertz CT molecular complexity index is 541. The van der Waals surface area contributed by atoms with E-state index in [0.717, 1.165) is 0 Å². The Labute approximate surface area is 140 Å². The summed E-state index contributed by atoms with van der Waals surface area (Å²) in [4.78, 5) is 23.4. The molecule has 0 bridgehead atoms. The molecular weight excluding hydrogens is 320 g/mol. The molecule has 24 heavy (non-hydrogen) atoms. The fraction of sp³-hybridized carbons (Fsp3) is 0.500. The zero-order valence-corrected chi connectivity index (χ0v) is 14.2. The number of rotatable bonds is 9. The number of carbonyl (C=O) groups excluding carboxylic acids is 2. The lowest BCUT2D eigenvalue weighted by molar-refractivity contribution is 0.0311. The Kier molecular flexibility index (Phi) is 8.59. The normalized spacial score (nSPS) is 10.4. The van der Waals surface area contributed by atoms with Gasteiger partial charge in [-0.3, -0.25) is 0 Å². The number of methoxy groups -OCH3 is 2. The topological polar surface area (TPSA) is 89.5 Å². The van der Waals surface area contributed by atoms with Crippen molar-refractivity contribution in [1.29, 1.82) is 0 Å². The average Bonchev–Trinajstić information content (AvgIpc) is 2.56. The first kappa shape index (κ1) is 19.7. The van der Waals surface area contributed by atoms with Crippen LogP contribution in [-0.4, -0.2) is 46.5 Å². The van der Waals surface area contributed by atoms with Gasteiger partial charge >= 0.3 is 12.1 Å². The van der Waals surface area contributed by atoms with Crippen molar-refractivity contribution in [3.8, 4) is 11.5 Å². The molecule has 0 radical (unpaired) electrons. The molecule has 1 rings (SSSR count). The molecule has 0 aliphatic rings. The number of ether oxygens (including phenoxy) is 6. The van der Waals surface area contributed by atoms with Crippen LogP contribution in [0.5, 0.6) is 11.5 Å². The maximum absolute atomic E-state index is 12.0. The molecule has 0 saturated carbocycles. The van der Waals surface area contributed by atoms with Crippen LogP contribution in [0.4, 0.5) is 4.79 Å². The summed E-state index contributed by atoms with van der Waals surface area (Å²) >= 11 is 0. The molecule has 1 aromatic carbocycles. The van der Waals surface area contributed by atoms with Gasteiger partial charge in [0.25, 0.3) is 0 Å². The van der Waals surface area contributed by atoms with Crippen molar-refractivity contribution < 1.29 is 38.0 Å². The van der Waals surface area contributed by atoms with Gasteiger partial charge in [-0.2, -0.15) is 0 Å². The van der Waals surface area contributed by atoms with E-state index >= 15 is 0 Å². The van der Waals surface area contributed by atoms with E-state index in [-0.39, 0.29) is 37.4 Å². The Morgan fingerprint density at radius 2 is 1.62 bits per heavy atom. The van der Waals surface area contributed by atoms with E-state index in [1.807, 2.05) is 13.8 Å². The van der Waals surface area contributed by atoms with Gasteiger partial charge in [0.1, 0.15) is 0 Å². The van der Waals surface area contributed by atoms with E-state index in [1.54, 1.807) is 0 Å². The fourth-order valence-corrected chi connectivity index (χ4v) is 1.51. The molecule has 134 valence electrons. The van der Waals surface area contributed by atoms with Crippen molar-refractivity contribution >= 4 is 12.1 Å². The summed E-state index contributed by atoms with van der Waals surface area (Å²) in [6, 6.07) is 4.31. The SMILES string of the molecule is COCOc1ccc(C(=O)OC(=O)OCC(C)C)cc1OCOC. The van der Waals surface area contributed by atoms with Gasteiger partial charge in [-0.25, -0.2) is 9.59 Å². The third-order valence-electron chi connectivity index (χ3n) is 2.55. The van der Waals surface area contributed by atoms with Crippen LogP contribution in [0.25, 0.3) is 0 Å². The van der Waals surface area contributed by atoms with Crippen LogP contribution in [0.3, 0.4) is 0 Å². The van der Waals surface area contributed by atoms with Gasteiger partial charge in [-0.1, -0.05) is 13.8 Å². The Hall–Kier alpha value is -2.32. The Morgan fingerprint density at radius 3 is 2.21 bits per heavy atom. The van der Waals surface area contributed by atoms with Gasteiger partial charge < -0.3 is 28.4 Å². The number of benzene rings is 1. The summed E-state index contributed by atoms with van der Waals surface area (Å²) in [5.74, 6) is -0.116. The van der Waals surface area contributed by atoms with Crippen LogP contribution in [0.2, 0.25) is 0 Å². The molecule has 1 aromatic rings. The van der Waals surface area contributed by atoms with E-state index in [2.05, 4.69) is 4.74 Å². The summed E-state index contributed by atoms with van der Waals surface area (Å²) in [5.41, 5.74) is 0.104. The second-order valence-electron chi connectivity index (χ2n) is 5.11. The minimum absolute atomic E-state index is 0.00859. The van der Waals surface area contributed by atoms with Gasteiger partial charge in [-0.15, -0.1) is 0 Å². The number of carbonyl (C=O) groups is 2. The summed E-state index contributed by atoms with van der Waals surface area (Å²) in [5, 5.41) is 0. The zero-order valence-electron chi connectivity index (χ0n) is 14.2. The van der Waals surface area contributed by atoms with E-state index in [1.165, 1.54) is 32.4 Å². The Balaban J connectivity index is 2.78. The van der Waals surface area contributed by atoms with Gasteiger partial charge in [0.15, 0.2) is 25.1 Å². The van der Waals surface area contributed by atoms with E-state index in [0.29, 0.717) is 5.75 Å². The van der Waals surface area contributed by atoms with Crippen LogP contribution in [-0.2, 0) is 18.9 Å².